The minimum Gasteiger partial charge on any atom is -0.488 e. The molecular weight excluding hydrogens is 258 g/mol. The van der Waals surface area contributed by atoms with Gasteiger partial charge in [-0.15, -0.1) is 0 Å². The van der Waals surface area contributed by atoms with E-state index < -0.39 is 17.9 Å². The summed E-state index contributed by atoms with van der Waals surface area (Å²) in [5.41, 5.74) is 1.25. The maximum absolute atomic E-state index is 12.1. The van der Waals surface area contributed by atoms with Crippen LogP contribution in [0.1, 0.15) is 19.4 Å². The SMILES string of the molecule is CC(C)C(NC(=O)C1=Cc2ccccc2OC1)C(=O)O. The van der Waals surface area contributed by atoms with E-state index in [4.69, 9.17) is 9.84 Å². The van der Waals surface area contributed by atoms with Crippen LogP contribution >= 0.6 is 0 Å². The van der Waals surface area contributed by atoms with Crippen molar-refractivity contribution in [3.63, 3.8) is 0 Å². The number of carbonyl (C=O) groups excluding carboxylic acids is 1. The van der Waals surface area contributed by atoms with Gasteiger partial charge in [0, 0.05) is 5.56 Å². The maximum Gasteiger partial charge on any atom is 0.326 e. The number of carbonyl (C=O) groups is 2. The van der Waals surface area contributed by atoms with Gasteiger partial charge in [0.2, 0.25) is 0 Å². The molecule has 1 aliphatic rings. The molecule has 0 radical (unpaired) electrons. The van der Waals surface area contributed by atoms with Crippen LogP contribution in [0.15, 0.2) is 29.8 Å². The number of para-hydroxylation sites is 1. The molecule has 0 aromatic heterocycles. The molecule has 1 amide bonds. The topological polar surface area (TPSA) is 75.6 Å². The molecule has 1 unspecified atom stereocenters. The normalized spacial score (nSPS) is 14.8. The van der Waals surface area contributed by atoms with Crippen LogP contribution in [0.4, 0.5) is 0 Å². The summed E-state index contributed by atoms with van der Waals surface area (Å²) < 4.78 is 5.48. The quantitative estimate of drug-likeness (QED) is 0.876. The molecule has 1 aliphatic heterocycles. The monoisotopic (exact) mass is 275 g/mol. The molecular formula is C15H17NO4. The summed E-state index contributed by atoms with van der Waals surface area (Å²) in [5.74, 6) is -0.900. The summed E-state index contributed by atoms with van der Waals surface area (Å²) >= 11 is 0. The van der Waals surface area contributed by atoms with Crippen molar-refractivity contribution in [1.29, 1.82) is 0 Å². The van der Waals surface area contributed by atoms with Crippen molar-refractivity contribution < 1.29 is 19.4 Å². The highest BCUT2D eigenvalue weighted by molar-refractivity contribution is 6.00. The molecule has 1 heterocycles. The number of nitrogens with one attached hydrogen (secondary N) is 1. The molecule has 1 atom stereocenters. The first kappa shape index (κ1) is 14.1. The van der Waals surface area contributed by atoms with E-state index in [2.05, 4.69) is 5.32 Å². The van der Waals surface area contributed by atoms with Crippen molar-refractivity contribution in [3.8, 4) is 5.75 Å². The van der Waals surface area contributed by atoms with Crippen molar-refractivity contribution in [3.05, 3.63) is 35.4 Å². The van der Waals surface area contributed by atoms with Crippen molar-refractivity contribution >= 4 is 18.0 Å². The fourth-order valence-electron chi connectivity index (χ4n) is 1.99. The molecule has 0 bridgehead atoms. The Bertz CT molecular complexity index is 563. The van der Waals surface area contributed by atoms with Gasteiger partial charge in [-0.05, 0) is 18.1 Å². The summed E-state index contributed by atoms with van der Waals surface area (Å²) in [6, 6.07) is 6.48. The highest BCUT2D eigenvalue weighted by atomic mass is 16.5. The molecule has 20 heavy (non-hydrogen) atoms. The van der Waals surface area contributed by atoms with E-state index in [9.17, 15) is 9.59 Å². The van der Waals surface area contributed by atoms with Gasteiger partial charge in [-0.2, -0.15) is 0 Å². The molecule has 1 aromatic rings. The Hall–Kier alpha value is -2.30. The number of benzene rings is 1. The zero-order valence-corrected chi connectivity index (χ0v) is 11.4. The van der Waals surface area contributed by atoms with Crippen molar-refractivity contribution in [2.45, 2.75) is 19.9 Å². The first-order chi connectivity index (χ1) is 9.49. The maximum atomic E-state index is 12.1. The number of carboxylic acids is 1. The molecule has 5 heteroatoms. The van der Waals surface area contributed by atoms with Crippen LogP contribution < -0.4 is 10.1 Å². The average Bonchev–Trinajstić information content (AvgIpc) is 2.43. The number of carboxylic acid groups (broad SMARTS) is 1. The lowest BCUT2D eigenvalue weighted by Gasteiger charge is -2.21. The third kappa shape index (κ3) is 2.99. The summed E-state index contributed by atoms with van der Waals surface area (Å²) in [6.07, 6.45) is 1.73. The van der Waals surface area contributed by atoms with Crippen LogP contribution in [0.2, 0.25) is 0 Å². The second kappa shape index (κ2) is 5.77. The second-order valence-corrected chi connectivity index (χ2v) is 5.03. The van der Waals surface area contributed by atoms with E-state index in [1.165, 1.54) is 0 Å². The minimum atomic E-state index is -1.04. The Morgan fingerprint density at radius 2 is 2.00 bits per heavy atom. The van der Waals surface area contributed by atoms with Crippen molar-refractivity contribution in [2.24, 2.45) is 5.92 Å². The van der Waals surface area contributed by atoms with E-state index in [-0.39, 0.29) is 12.5 Å². The smallest absolute Gasteiger partial charge is 0.326 e. The Balaban J connectivity index is 2.15. The molecule has 5 nitrogen and oxygen atoms in total. The molecule has 0 fully saturated rings. The largest absolute Gasteiger partial charge is 0.488 e. The number of aliphatic carboxylic acids is 1. The Labute approximate surface area is 117 Å². The van der Waals surface area contributed by atoms with Crippen molar-refractivity contribution in [2.75, 3.05) is 6.61 Å². The van der Waals surface area contributed by atoms with Crippen molar-refractivity contribution in [1.82, 2.24) is 5.32 Å². The summed E-state index contributed by atoms with van der Waals surface area (Å²) in [7, 11) is 0. The fraction of sp³-hybridized carbons (Fsp3) is 0.333. The molecule has 106 valence electrons. The van der Waals surface area contributed by atoms with Gasteiger partial charge in [-0.1, -0.05) is 32.0 Å². The lowest BCUT2D eigenvalue weighted by molar-refractivity contribution is -0.142. The predicted octanol–water partition coefficient (Wildman–Crippen LogP) is 1.69. The van der Waals surface area contributed by atoms with Gasteiger partial charge in [-0.25, -0.2) is 4.79 Å². The summed E-state index contributed by atoms with van der Waals surface area (Å²) in [6.45, 7) is 3.65. The van der Waals surface area contributed by atoms with Gasteiger partial charge in [0.15, 0.2) is 0 Å². The molecule has 2 N–H and O–H groups in total. The molecule has 0 aliphatic carbocycles. The summed E-state index contributed by atoms with van der Waals surface area (Å²) in [5, 5.41) is 11.6. The van der Waals surface area contributed by atoms with Crippen LogP contribution in [-0.2, 0) is 9.59 Å². The van der Waals surface area contributed by atoms with Crippen LogP contribution in [0.25, 0.3) is 6.08 Å². The Morgan fingerprint density at radius 1 is 1.30 bits per heavy atom. The van der Waals surface area contributed by atoms with Gasteiger partial charge in [0.1, 0.15) is 18.4 Å². The predicted molar refractivity (Wildman–Crippen MR) is 74.3 cm³/mol. The molecule has 2 rings (SSSR count). The zero-order chi connectivity index (χ0) is 14.7. The molecule has 0 spiro atoms. The highest BCUT2D eigenvalue weighted by Gasteiger charge is 2.26. The van der Waals surface area contributed by atoms with Gasteiger partial charge in [0.25, 0.3) is 5.91 Å². The Kier molecular flexibility index (Phi) is 4.08. The average molecular weight is 275 g/mol. The van der Waals surface area contributed by atoms with Crippen LogP contribution in [0.5, 0.6) is 5.75 Å². The third-order valence-electron chi connectivity index (χ3n) is 3.14. The van der Waals surface area contributed by atoms with Crippen LogP contribution in [0.3, 0.4) is 0 Å². The highest BCUT2D eigenvalue weighted by Crippen LogP contribution is 2.25. The van der Waals surface area contributed by atoms with Gasteiger partial charge in [0.05, 0.1) is 5.57 Å². The standard InChI is InChI=1S/C15H17NO4/c1-9(2)13(15(18)19)16-14(17)11-7-10-5-3-4-6-12(10)20-8-11/h3-7,9,13H,8H2,1-2H3,(H,16,17)(H,18,19). The van der Waals surface area contributed by atoms with E-state index in [0.29, 0.717) is 5.57 Å². The number of hydrogen-bond acceptors (Lipinski definition) is 3. The fourth-order valence-corrected chi connectivity index (χ4v) is 1.99. The van der Waals surface area contributed by atoms with E-state index >= 15 is 0 Å². The number of fused-ring (bicyclic) bond motifs is 1. The van der Waals surface area contributed by atoms with Gasteiger partial charge in [-0.3, -0.25) is 4.79 Å². The third-order valence-corrected chi connectivity index (χ3v) is 3.14. The van der Waals surface area contributed by atoms with E-state index in [1.54, 1.807) is 19.9 Å². The second-order valence-electron chi connectivity index (χ2n) is 5.03. The lowest BCUT2D eigenvalue weighted by Crippen LogP contribution is -2.45. The number of rotatable bonds is 4. The molecule has 0 saturated carbocycles. The van der Waals surface area contributed by atoms with Gasteiger partial charge < -0.3 is 15.2 Å². The van der Waals surface area contributed by atoms with E-state index in [1.807, 2.05) is 24.3 Å². The van der Waals surface area contributed by atoms with Crippen LogP contribution in [-0.4, -0.2) is 29.6 Å². The molecule has 0 saturated heterocycles. The minimum absolute atomic E-state index is 0.146. The molecule has 1 aromatic carbocycles. The Morgan fingerprint density at radius 3 is 2.65 bits per heavy atom. The van der Waals surface area contributed by atoms with Crippen LogP contribution in [0, 0.1) is 5.92 Å². The lowest BCUT2D eigenvalue weighted by atomic mass is 10.0. The first-order valence-electron chi connectivity index (χ1n) is 6.45. The zero-order valence-electron chi connectivity index (χ0n) is 11.4. The number of ether oxygens (including phenoxy) is 1. The number of hydrogen-bond donors (Lipinski definition) is 2. The first-order valence-corrected chi connectivity index (χ1v) is 6.45. The van der Waals surface area contributed by atoms with Gasteiger partial charge >= 0.3 is 5.97 Å². The number of amides is 1. The van der Waals surface area contributed by atoms with E-state index in [0.717, 1.165) is 11.3 Å². The summed E-state index contributed by atoms with van der Waals surface area (Å²) in [4.78, 5) is 23.2.